The summed E-state index contributed by atoms with van der Waals surface area (Å²) < 4.78 is 144. The van der Waals surface area contributed by atoms with Gasteiger partial charge in [0, 0.05) is 61.1 Å². The molecule has 6 rings (SSSR count). The van der Waals surface area contributed by atoms with Gasteiger partial charge in [0.05, 0.1) is 31.0 Å². The first-order valence-electron chi connectivity index (χ1n) is 18.4. The second-order valence-corrected chi connectivity index (χ2v) is 14.2. The van der Waals surface area contributed by atoms with Crippen molar-refractivity contribution in [3.63, 3.8) is 0 Å². The number of alkyl halides is 12. The van der Waals surface area contributed by atoms with Crippen molar-refractivity contribution in [1.29, 1.82) is 5.26 Å². The van der Waals surface area contributed by atoms with E-state index in [-0.39, 0.29) is 37.2 Å². The standard InChI is InChI=1S/C30H34F3N9O2.3C2HF3O2/c1-19(15-43)36-12-20-10-25(30(31,32)33)40-26(11-20)44-23-4-2-22(3-5-23)41-16-29(17-41,7-8-34)42-14-21(13-39-42)27-24-6-9-35-28(24)38-18-37-27;3*3-2(4,5)1(6)7/h6,9-11,13-14,18-19,22-23,36,43H,2-5,7,12,15-17H2,1H3,(H,35,37,38);3*(H,6,7)/t19-,22-,23+;;;/m0.../s1. The first-order valence-corrected chi connectivity index (χ1v) is 18.4. The molecule has 0 spiro atoms. The Bertz CT molecular complexity index is 2200. The van der Waals surface area contributed by atoms with Crippen LogP contribution in [0, 0.1) is 11.3 Å². The van der Waals surface area contributed by atoms with Gasteiger partial charge in [-0.2, -0.15) is 63.0 Å². The molecule has 1 aliphatic carbocycles. The van der Waals surface area contributed by atoms with E-state index in [2.05, 4.69) is 41.3 Å². The van der Waals surface area contributed by atoms with Gasteiger partial charge >= 0.3 is 42.6 Å². The van der Waals surface area contributed by atoms with Gasteiger partial charge in [0.1, 0.15) is 29.3 Å². The number of aromatic amines is 1. The van der Waals surface area contributed by atoms with Crippen molar-refractivity contribution in [2.75, 3.05) is 19.7 Å². The number of nitriles is 1. The number of H-pyrrole nitrogens is 1. The Labute approximate surface area is 357 Å². The van der Waals surface area contributed by atoms with Crippen molar-refractivity contribution in [2.24, 2.45) is 0 Å². The van der Waals surface area contributed by atoms with Gasteiger partial charge < -0.3 is 35.5 Å². The van der Waals surface area contributed by atoms with E-state index in [1.807, 2.05) is 23.1 Å². The normalized spacial score (nSPS) is 17.9. The number of aliphatic hydroxyl groups excluding tert-OH is 1. The molecule has 29 heteroatoms. The summed E-state index contributed by atoms with van der Waals surface area (Å²) in [4.78, 5) is 44.6. The number of halogens is 12. The molecule has 2 aliphatic rings. The van der Waals surface area contributed by atoms with Crippen molar-refractivity contribution >= 4 is 28.9 Å². The molecule has 65 heavy (non-hydrogen) atoms. The van der Waals surface area contributed by atoms with Gasteiger partial charge in [-0.3, -0.25) is 9.58 Å². The van der Waals surface area contributed by atoms with Crippen LogP contribution in [-0.2, 0) is 32.6 Å². The first-order chi connectivity index (χ1) is 30.0. The van der Waals surface area contributed by atoms with Crippen molar-refractivity contribution in [3.8, 4) is 23.2 Å². The third kappa shape index (κ3) is 15.4. The average Bonchev–Trinajstić information content (AvgIpc) is 3.89. The number of ether oxygens (including phenoxy) is 1. The topological polar surface area (TPSA) is 253 Å². The molecule has 4 aromatic rings. The number of carbonyl (C=O) groups is 3. The SMILES string of the molecule is C[C@@H](CO)NCc1cc(O[C@H]2CC[C@@H](N3CC(CC#N)(n4cc(-c5ncnc6[nH]ccc56)cn4)C3)CC2)nc(C(F)(F)F)c1.O=C(O)C(F)(F)F.O=C(O)C(F)(F)F.O=C(O)C(F)(F)F. The van der Waals surface area contributed by atoms with Crippen LogP contribution in [0.2, 0.25) is 0 Å². The van der Waals surface area contributed by atoms with Crippen LogP contribution in [0.15, 0.2) is 43.1 Å². The number of fused-ring (bicyclic) bond motifs is 1. The van der Waals surface area contributed by atoms with Crippen molar-refractivity contribution in [3.05, 3.63) is 54.4 Å². The summed E-state index contributed by atoms with van der Waals surface area (Å²) in [5, 5.41) is 48.8. The highest BCUT2D eigenvalue weighted by Crippen LogP contribution is 2.39. The molecule has 0 radical (unpaired) electrons. The van der Waals surface area contributed by atoms with Crippen LogP contribution < -0.4 is 10.1 Å². The zero-order valence-corrected chi connectivity index (χ0v) is 33.2. The highest BCUT2D eigenvalue weighted by atomic mass is 19.4. The summed E-state index contributed by atoms with van der Waals surface area (Å²) in [5.41, 5.74) is 1.34. The van der Waals surface area contributed by atoms with Crippen LogP contribution in [0.5, 0.6) is 5.88 Å². The summed E-state index contributed by atoms with van der Waals surface area (Å²) in [5.74, 6) is -8.31. The number of carboxylic acid groups (broad SMARTS) is 3. The quantitative estimate of drug-likeness (QED) is 0.101. The maximum absolute atomic E-state index is 13.5. The monoisotopic (exact) mass is 951 g/mol. The Hall–Kier alpha value is -6.28. The van der Waals surface area contributed by atoms with Crippen LogP contribution in [0.3, 0.4) is 0 Å². The Morgan fingerprint density at radius 1 is 0.923 bits per heavy atom. The first kappa shape index (κ1) is 53.1. The maximum Gasteiger partial charge on any atom is 0.490 e. The fourth-order valence-corrected chi connectivity index (χ4v) is 6.18. The number of hydrogen-bond acceptors (Lipinski definition) is 12. The van der Waals surface area contributed by atoms with E-state index in [0.29, 0.717) is 37.9 Å². The lowest BCUT2D eigenvalue weighted by Gasteiger charge is -2.53. The van der Waals surface area contributed by atoms with Crippen LogP contribution >= 0.6 is 0 Å². The number of aliphatic hydroxyl groups is 1. The molecular weight excluding hydrogens is 914 g/mol. The predicted octanol–water partition coefficient (Wildman–Crippen LogP) is 5.92. The number of likely N-dealkylation sites (tertiary alicyclic amines) is 1. The Balaban J connectivity index is 0.000000443. The van der Waals surface area contributed by atoms with Gasteiger partial charge in [-0.15, -0.1) is 0 Å². The van der Waals surface area contributed by atoms with Gasteiger partial charge in [-0.1, -0.05) is 0 Å². The molecule has 0 bridgehead atoms. The van der Waals surface area contributed by atoms with Gasteiger partial charge in [0.25, 0.3) is 0 Å². The lowest BCUT2D eigenvalue weighted by Crippen LogP contribution is -2.65. The minimum atomic E-state index is -5.08. The highest BCUT2D eigenvalue weighted by molar-refractivity contribution is 5.90. The van der Waals surface area contributed by atoms with Gasteiger partial charge in [0.15, 0.2) is 0 Å². The summed E-state index contributed by atoms with van der Waals surface area (Å²) in [7, 11) is 0. The van der Waals surface area contributed by atoms with E-state index >= 15 is 0 Å². The van der Waals surface area contributed by atoms with Crippen LogP contribution in [0.1, 0.15) is 50.3 Å². The molecule has 1 atom stereocenters. The zero-order chi connectivity index (χ0) is 49.1. The summed E-state index contributed by atoms with van der Waals surface area (Å²) in [6.07, 6.45) is -9.69. The number of aromatic nitrogens is 6. The number of nitrogens with zero attached hydrogens (tertiary/aromatic N) is 7. The zero-order valence-electron chi connectivity index (χ0n) is 33.2. The summed E-state index contributed by atoms with van der Waals surface area (Å²) >= 11 is 0. The number of pyridine rings is 1. The Kier molecular flexibility index (Phi) is 17.6. The number of aliphatic carboxylic acids is 3. The predicted molar refractivity (Wildman–Crippen MR) is 195 cm³/mol. The van der Waals surface area contributed by atoms with Crippen molar-refractivity contribution in [2.45, 2.75) is 94.0 Å². The fraction of sp³-hybridized carbons (Fsp3) is 0.500. The second-order valence-electron chi connectivity index (χ2n) is 14.2. The smallest absolute Gasteiger partial charge is 0.475 e. The van der Waals surface area contributed by atoms with Crippen LogP contribution in [-0.4, -0.2) is 129 Å². The molecule has 1 saturated heterocycles. The third-order valence-corrected chi connectivity index (χ3v) is 9.35. The van der Waals surface area contributed by atoms with Crippen molar-refractivity contribution < 1.29 is 92.2 Å². The van der Waals surface area contributed by atoms with Crippen LogP contribution in [0.4, 0.5) is 52.7 Å². The Morgan fingerprint density at radius 3 is 1.97 bits per heavy atom. The second kappa shape index (κ2) is 21.6. The lowest BCUT2D eigenvalue weighted by atomic mass is 9.82. The molecular formula is C36H37F12N9O8. The van der Waals surface area contributed by atoms with Gasteiger partial charge in [0.2, 0.25) is 5.88 Å². The molecule has 0 aromatic carbocycles. The van der Waals surface area contributed by atoms with Crippen LogP contribution in [0.25, 0.3) is 22.3 Å². The molecule has 1 saturated carbocycles. The third-order valence-electron chi connectivity index (χ3n) is 9.35. The van der Waals surface area contributed by atoms with Crippen molar-refractivity contribution in [1.82, 2.24) is 39.9 Å². The minimum absolute atomic E-state index is 0.0381. The van der Waals surface area contributed by atoms with E-state index in [1.54, 1.807) is 13.1 Å². The molecule has 5 heterocycles. The Morgan fingerprint density at radius 2 is 1.48 bits per heavy atom. The fourth-order valence-electron chi connectivity index (χ4n) is 6.18. The number of nitrogens with one attached hydrogen (secondary N) is 2. The summed E-state index contributed by atoms with van der Waals surface area (Å²) in [6, 6.07) is 6.84. The maximum atomic E-state index is 13.5. The number of rotatable bonds is 10. The van der Waals surface area contributed by atoms with Gasteiger partial charge in [-0.25, -0.2) is 29.3 Å². The largest absolute Gasteiger partial charge is 0.490 e. The number of hydrogen-bond donors (Lipinski definition) is 6. The molecule has 0 amide bonds. The van der Waals surface area contributed by atoms with E-state index in [9.17, 15) is 63.1 Å². The lowest BCUT2D eigenvalue weighted by molar-refractivity contribution is -0.193. The molecule has 4 aromatic heterocycles. The molecule has 0 unspecified atom stereocenters. The molecule has 6 N–H and O–H groups in total. The molecule has 358 valence electrons. The molecule has 17 nitrogen and oxygen atoms in total. The van der Waals surface area contributed by atoms with Gasteiger partial charge in [-0.05, 0) is 50.3 Å². The molecule has 2 fully saturated rings. The highest BCUT2D eigenvalue weighted by Gasteiger charge is 2.48. The van der Waals surface area contributed by atoms with E-state index in [1.165, 1.54) is 12.4 Å². The van der Waals surface area contributed by atoms with E-state index in [0.717, 1.165) is 41.2 Å². The van der Waals surface area contributed by atoms with E-state index in [4.69, 9.17) is 34.4 Å². The minimum Gasteiger partial charge on any atom is -0.475 e. The summed E-state index contributed by atoms with van der Waals surface area (Å²) in [6.45, 7) is 3.14. The average molecular weight is 952 g/mol. The molecule has 1 aliphatic heterocycles. The van der Waals surface area contributed by atoms with E-state index < -0.39 is 53.8 Å². The number of carboxylic acids is 3.